The Labute approximate surface area is 200 Å². The van der Waals surface area contributed by atoms with Gasteiger partial charge in [0.05, 0.1) is 6.10 Å². The SMILES string of the molecule is CC(=O)NC(CCC=CC(=O)OC(C)C)C(=O)Nc1cccn(CC(=O)NCCC(C)C)c1=O. The minimum atomic E-state index is -0.921. The maximum atomic E-state index is 12.7. The average molecular weight is 477 g/mol. The molecule has 3 N–H and O–H groups in total. The summed E-state index contributed by atoms with van der Waals surface area (Å²) in [4.78, 5) is 60.7. The second-order valence-electron chi connectivity index (χ2n) is 8.60. The van der Waals surface area contributed by atoms with E-state index in [4.69, 9.17) is 4.74 Å². The number of aromatic nitrogens is 1. The minimum absolute atomic E-state index is 0.00566. The first-order valence-corrected chi connectivity index (χ1v) is 11.4. The van der Waals surface area contributed by atoms with Gasteiger partial charge in [-0.2, -0.15) is 0 Å². The summed E-state index contributed by atoms with van der Waals surface area (Å²) in [5, 5.41) is 7.84. The quantitative estimate of drug-likeness (QED) is 0.293. The molecule has 0 aliphatic rings. The van der Waals surface area contributed by atoms with Gasteiger partial charge in [-0.15, -0.1) is 0 Å². The van der Waals surface area contributed by atoms with Crippen LogP contribution in [0, 0.1) is 5.92 Å². The molecule has 0 fully saturated rings. The number of pyridine rings is 1. The van der Waals surface area contributed by atoms with Crippen molar-refractivity contribution in [3.05, 3.63) is 40.8 Å². The lowest BCUT2D eigenvalue weighted by atomic mass is 10.1. The van der Waals surface area contributed by atoms with Gasteiger partial charge >= 0.3 is 5.97 Å². The molecule has 1 rings (SSSR count). The van der Waals surface area contributed by atoms with Crippen molar-refractivity contribution in [2.75, 3.05) is 11.9 Å². The number of nitrogens with one attached hydrogen (secondary N) is 3. The van der Waals surface area contributed by atoms with E-state index in [0.717, 1.165) is 6.42 Å². The van der Waals surface area contributed by atoms with E-state index >= 15 is 0 Å². The Morgan fingerprint density at radius 2 is 1.82 bits per heavy atom. The van der Waals surface area contributed by atoms with Crippen molar-refractivity contribution in [1.29, 1.82) is 0 Å². The van der Waals surface area contributed by atoms with E-state index < -0.39 is 29.4 Å². The van der Waals surface area contributed by atoms with Crippen LogP contribution in [-0.2, 0) is 30.5 Å². The molecule has 0 saturated carbocycles. The highest BCUT2D eigenvalue weighted by atomic mass is 16.5. The van der Waals surface area contributed by atoms with Crippen LogP contribution in [0.4, 0.5) is 5.69 Å². The van der Waals surface area contributed by atoms with Gasteiger partial charge in [0.15, 0.2) is 0 Å². The van der Waals surface area contributed by atoms with Crippen molar-refractivity contribution in [3.8, 4) is 0 Å². The molecule has 0 radical (unpaired) electrons. The lowest BCUT2D eigenvalue weighted by molar-refractivity contribution is -0.141. The van der Waals surface area contributed by atoms with Gasteiger partial charge in [0.1, 0.15) is 18.3 Å². The first-order chi connectivity index (χ1) is 16.0. The van der Waals surface area contributed by atoms with Crippen LogP contribution < -0.4 is 21.5 Å². The maximum Gasteiger partial charge on any atom is 0.330 e. The zero-order valence-corrected chi connectivity index (χ0v) is 20.6. The topological polar surface area (TPSA) is 136 Å². The highest BCUT2D eigenvalue weighted by Crippen LogP contribution is 2.06. The number of anilines is 1. The Kier molecular flexibility index (Phi) is 12.3. The smallest absolute Gasteiger partial charge is 0.330 e. The van der Waals surface area contributed by atoms with Crippen molar-refractivity contribution in [2.45, 2.75) is 72.6 Å². The number of nitrogens with zero attached hydrogens (tertiary/aromatic N) is 1. The van der Waals surface area contributed by atoms with Crippen LogP contribution in [0.3, 0.4) is 0 Å². The summed E-state index contributed by atoms with van der Waals surface area (Å²) in [6.45, 7) is 9.20. The number of hydrogen-bond acceptors (Lipinski definition) is 6. The summed E-state index contributed by atoms with van der Waals surface area (Å²) in [5.74, 6) is -1.34. The number of hydrogen-bond donors (Lipinski definition) is 3. The van der Waals surface area contributed by atoms with Crippen molar-refractivity contribution < 1.29 is 23.9 Å². The molecule has 1 heterocycles. The maximum absolute atomic E-state index is 12.7. The average Bonchev–Trinajstić information content (AvgIpc) is 2.72. The molecule has 0 saturated heterocycles. The van der Waals surface area contributed by atoms with Crippen molar-refractivity contribution in [2.24, 2.45) is 5.92 Å². The second-order valence-corrected chi connectivity index (χ2v) is 8.60. The number of carbonyl (C=O) groups excluding carboxylic acids is 4. The highest BCUT2D eigenvalue weighted by Gasteiger charge is 2.20. The van der Waals surface area contributed by atoms with E-state index in [9.17, 15) is 24.0 Å². The second kappa shape index (κ2) is 14.7. The van der Waals surface area contributed by atoms with Crippen LogP contribution >= 0.6 is 0 Å². The van der Waals surface area contributed by atoms with Gasteiger partial charge in [-0.1, -0.05) is 19.9 Å². The third-order valence-corrected chi connectivity index (χ3v) is 4.56. The normalized spacial score (nSPS) is 12.0. The third kappa shape index (κ3) is 11.4. The molecule has 1 atom stereocenters. The fraction of sp³-hybridized carbons (Fsp3) is 0.542. The van der Waals surface area contributed by atoms with Crippen LogP contribution in [0.25, 0.3) is 0 Å². The first-order valence-electron chi connectivity index (χ1n) is 11.4. The largest absolute Gasteiger partial charge is 0.460 e. The van der Waals surface area contributed by atoms with Crippen LogP contribution in [0.5, 0.6) is 0 Å². The molecule has 10 nitrogen and oxygen atoms in total. The van der Waals surface area contributed by atoms with E-state index in [1.165, 1.54) is 29.8 Å². The molecule has 3 amide bonds. The van der Waals surface area contributed by atoms with Crippen molar-refractivity contribution >= 4 is 29.4 Å². The molecule has 0 aromatic carbocycles. The minimum Gasteiger partial charge on any atom is -0.460 e. The van der Waals surface area contributed by atoms with E-state index in [1.807, 2.05) is 13.8 Å². The molecular weight excluding hydrogens is 440 g/mol. The number of ether oxygens (including phenoxy) is 1. The zero-order valence-electron chi connectivity index (χ0n) is 20.6. The predicted octanol–water partition coefficient (Wildman–Crippen LogP) is 1.74. The third-order valence-electron chi connectivity index (χ3n) is 4.56. The number of rotatable bonds is 13. The lowest BCUT2D eigenvalue weighted by Crippen LogP contribution is -2.43. The Hall–Kier alpha value is -3.43. The van der Waals surface area contributed by atoms with Gasteiger partial charge in [-0.25, -0.2) is 4.79 Å². The molecule has 188 valence electrons. The van der Waals surface area contributed by atoms with E-state index in [2.05, 4.69) is 16.0 Å². The van der Waals surface area contributed by atoms with Gasteiger partial charge in [0.25, 0.3) is 5.56 Å². The monoisotopic (exact) mass is 476 g/mol. The van der Waals surface area contributed by atoms with Crippen molar-refractivity contribution in [1.82, 2.24) is 15.2 Å². The molecule has 1 unspecified atom stereocenters. The molecule has 0 aliphatic carbocycles. The summed E-state index contributed by atoms with van der Waals surface area (Å²) >= 11 is 0. The molecule has 0 spiro atoms. The molecule has 0 bridgehead atoms. The Bertz CT molecular complexity index is 936. The van der Waals surface area contributed by atoms with Gasteiger partial charge in [-0.3, -0.25) is 19.2 Å². The van der Waals surface area contributed by atoms with Crippen LogP contribution in [0.1, 0.15) is 53.9 Å². The van der Waals surface area contributed by atoms with Gasteiger partial charge in [-0.05, 0) is 51.2 Å². The summed E-state index contributed by atoms with van der Waals surface area (Å²) in [6, 6.07) is 2.06. The first kappa shape index (κ1) is 28.6. The number of amides is 3. The van der Waals surface area contributed by atoms with Gasteiger partial charge in [0.2, 0.25) is 17.7 Å². The Morgan fingerprint density at radius 1 is 1.12 bits per heavy atom. The standard InChI is InChI=1S/C24H36N4O6/c1-16(2)12-13-25-21(30)15-28-14-8-10-20(24(28)33)27-23(32)19(26-18(5)29)9-6-7-11-22(31)34-17(3)4/h7-8,10-11,14,16-17,19H,6,9,12-13,15H2,1-5H3,(H,25,30)(H,26,29)(H,27,32). The Balaban J connectivity index is 2.79. The molecule has 34 heavy (non-hydrogen) atoms. The van der Waals surface area contributed by atoms with Gasteiger partial charge in [0, 0.05) is 25.7 Å². The predicted molar refractivity (Wildman–Crippen MR) is 129 cm³/mol. The van der Waals surface area contributed by atoms with Crippen LogP contribution in [-0.4, -0.2) is 46.9 Å². The van der Waals surface area contributed by atoms with E-state index in [0.29, 0.717) is 18.9 Å². The van der Waals surface area contributed by atoms with E-state index in [1.54, 1.807) is 26.0 Å². The fourth-order valence-corrected chi connectivity index (χ4v) is 2.92. The Morgan fingerprint density at radius 3 is 2.44 bits per heavy atom. The summed E-state index contributed by atoms with van der Waals surface area (Å²) in [5.41, 5.74) is -0.540. The van der Waals surface area contributed by atoms with Gasteiger partial charge < -0.3 is 25.3 Å². The van der Waals surface area contributed by atoms with Crippen LogP contribution in [0.2, 0.25) is 0 Å². The van der Waals surface area contributed by atoms with Crippen LogP contribution in [0.15, 0.2) is 35.3 Å². The summed E-state index contributed by atoms with van der Waals surface area (Å²) in [6.07, 6.45) is 5.40. The summed E-state index contributed by atoms with van der Waals surface area (Å²) in [7, 11) is 0. The molecular formula is C24H36N4O6. The number of carbonyl (C=O) groups is 4. The molecule has 10 heteroatoms. The fourth-order valence-electron chi connectivity index (χ4n) is 2.92. The number of allylic oxidation sites excluding steroid dienone is 1. The zero-order chi connectivity index (χ0) is 25.7. The lowest BCUT2D eigenvalue weighted by Gasteiger charge is -2.17. The van der Waals surface area contributed by atoms with Crippen molar-refractivity contribution in [3.63, 3.8) is 0 Å². The highest BCUT2D eigenvalue weighted by molar-refractivity contribution is 5.96. The number of esters is 1. The molecule has 1 aromatic rings. The molecule has 0 aliphatic heterocycles. The molecule has 1 aromatic heterocycles. The summed E-state index contributed by atoms with van der Waals surface area (Å²) < 4.78 is 6.20. The van der Waals surface area contributed by atoms with E-state index in [-0.39, 0.29) is 30.7 Å².